The second-order valence-corrected chi connectivity index (χ2v) is 4.76. The van der Waals surface area contributed by atoms with Crippen LogP contribution in [0.2, 0.25) is 0 Å². The molecule has 0 spiro atoms. The molecule has 0 rings (SSSR count). The summed E-state index contributed by atoms with van der Waals surface area (Å²) in [6.07, 6.45) is 6.09. The number of hydrogen-bond acceptors (Lipinski definition) is 0. The molecule has 0 aromatic heterocycles. The number of nitrogens with zero attached hydrogens (tertiary/aromatic N) is 1. The van der Waals surface area contributed by atoms with Gasteiger partial charge in [0.1, 0.15) is 0 Å². The minimum absolute atomic E-state index is 0.636. The van der Waals surface area contributed by atoms with Crippen molar-refractivity contribution in [2.24, 2.45) is 5.92 Å². The van der Waals surface area contributed by atoms with Crippen molar-refractivity contribution >= 4 is 0 Å². The van der Waals surface area contributed by atoms with E-state index >= 15 is 0 Å². The summed E-state index contributed by atoms with van der Waals surface area (Å²) < 4.78 is 1.13. The Morgan fingerprint density at radius 3 is 2.38 bits per heavy atom. The van der Waals surface area contributed by atoms with Gasteiger partial charge in [-0.1, -0.05) is 26.3 Å². The van der Waals surface area contributed by atoms with Crippen molar-refractivity contribution in [1.29, 1.82) is 0 Å². The Morgan fingerprint density at radius 2 is 1.92 bits per heavy atom. The lowest BCUT2D eigenvalue weighted by molar-refractivity contribution is -0.892. The summed E-state index contributed by atoms with van der Waals surface area (Å²) >= 11 is 0. The van der Waals surface area contributed by atoms with Crippen molar-refractivity contribution in [3.05, 3.63) is 12.7 Å². The Kier molecular flexibility index (Phi) is 6.06. The number of unbranched alkanes of at least 4 members (excludes halogenated alkanes) is 2. The Morgan fingerprint density at radius 1 is 1.31 bits per heavy atom. The van der Waals surface area contributed by atoms with E-state index < -0.39 is 0 Å². The average Bonchev–Trinajstić information content (AvgIpc) is 2.03. The Balaban J connectivity index is 3.71. The molecule has 13 heavy (non-hydrogen) atoms. The van der Waals surface area contributed by atoms with Gasteiger partial charge in [-0.2, -0.15) is 0 Å². The van der Waals surface area contributed by atoms with Gasteiger partial charge in [-0.3, -0.25) is 0 Å². The molecule has 0 aliphatic heterocycles. The molecule has 1 nitrogen and oxygen atoms in total. The SMILES string of the molecule is C=C[C@@H](C)C[N+](C)(C)CCCCC. The fourth-order valence-corrected chi connectivity index (χ4v) is 1.74. The predicted molar refractivity (Wildman–Crippen MR) is 60.7 cm³/mol. The largest absolute Gasteiger partial charge is 0.328 e. The molecule has 0 aliphatic carbocycles. The highest BCUT2D eigenvalue weighted by atomic mass is 15.3. The van der Waals surface area contributed by atoms with Crippen molar-refractivity contribution in [3.63, 3.8) is 0 Å². The van der Waals surface area contributed by atoms with Crippen LogP contribution in [0.1, 0.15) is 33.1 Å². The van der Waals surface area contributed by atoms with Gasteiger partial charge in [0.05, 0.1) is 27.2 Å². The van der Waals surface area contributed by atoms with Crippen LogP contribution in [0.3, 0.4) is 0 Å². The first-order valence-electron chi connectivity index (χ1n) is 5.46. The second kappa shape index (κ2) is 6.20. The summed E-state index contributed by atoms with van der Waals surface area (Å²) in [6.45, 7) is 10.8. The molecule has 0 saturated carbocycles. The smallest absolute Gasteiger partial charge is 0.0843 e. The minimum atomic E-state index is 0.636. The standard InChI is InChI=1S/C12H26N/c1-6-8-9-10-13(4,5)11-12(3)7-2/h7,12H,2,6,8-11H2,1,3-5H3/q+1/t12-/m1/s1. The zero-order chi connectivity index (χ0) is 10.3. The van der Waals surface area contributed by atoms with E-state index in [0.717, 1.165) is 4.48 Å². The average molecular weight is 184 g/mol. The normalized spacial score (nSPS) is 14.2. The van der Waals surface area contributed by atoms with Gasteiger partial charge < -0.3 is 4.48 Å². The first-order chi connectivity index (χ1) is 6.02. The van der Waals surface area contributed by atoms with E-state index in [9.17, 15) is 0 Å². The van der Waals surface area contributed by atoms with Gasteiger partial charge in [-0.15, -0.1) is 6.58 Å². The van der Waals surface area contributed by atoms with Crippen LogP contribution in [0, 0.1) is 5.92 Å². The maximum absolute atomic E-state index is 3.83. The third-order valence-electron chi connectivity index (χ3n) is 2.55. The lowest BCUT2D eigenvalue weighted by atomic mass is 10.1. The van der Waals surface area contributed by atoms with Gasteiger partial charge in [0.2, 0.25) is 0 Å². The summed E-state index contributed by atoms with van der Waals surface area (Å²) in [7, 11) is 4.63. The monoisotopic (exact) mass is 184 g/mol. The summed E-state index contributed by atoms with van der Waals surface area (Å²) in [5, 5.41) is 0. The lowest BCUT2D eigenvalue weighted by Gasteiger charge is -2.31. The quantitative estimate of drug-likeness (QED) is 0.324. The summed E-state index contributed by atoms with van der Waals surface area (Å²) in [5.74, 6) is 0.636. The first kappa shape index (κ1) is 12.7. The van der Waals surface area contributed by atoms with E-state index in [2.05, 4.69) is 40.6 Å². The van der Waals surface area contributed by atoms with Gasteiger partial charge in [0.15, 0.2) is 0 Å². The van der Waals surface area contributed by atoms with Crippen LogP contribution in [0.15, 0.2) is 12.7 Å². The van der Waals surface area contributed by atoms with Crippen LogP contribution >= 0.6 is 0 Å². The van der Waals surface area contributed by atoms with Crippen molar-refractivity contribution in [1.82, 2.24) is 0 Å². The third kappa shape index (κ3) is 6.83. The maximum Gasteiger partial charge on any atom is 0.0843 e. The minimum Gasteiger partial charge on any atom is -0.328 e. The fraction of sp³-hybridized carbons (Fsp3) is 0.833. The molecular formula is C12H26N+. The molecule has 0 heterocycles. The molecule has 78 valence electrons. The maximum atomic E-state index is 3.83. The molecule has 0 aromatic carbocycles. The molecular weight excluding hydrogens is 158 g/mol. The highest BCUT2D eigenvalue weighted by Gasteiger charge is 2.16. The van der Waals surface area contributed by atoms with Gasteiger partial charge in [-0.25, -0.2) is 0 Å². The van der Waals surface area contributed by atoms with Crippen LogP contribution in [0.25, 0.3) is 0 Å². The molecule has 0 bridgehead atoms. The zero-order valence-corrected chi connectivity index (χ0v) is 9.84. The summed E-state index contributed by atoms with van der Waals surface area (Å²) in [4.78, 5) is 0. The molecule has 0 aliphatic rings. The van der Waals surface area contributed by atoms with E-state index in [-0.39, 0.29) is 0 Å². The number of rotatable bonds is 7. The van der Waals surface area contributed by atoms with Gasteiger partial charge >= 0.3 is 0 Å². The van der Waals surface area contributed by atoms with E-state index in [1.54, 1.807) is 0 Å². The first-order valence-corrected chi connectivity index (χ1v) is 5.46. The van der Waals surface area contributed by atoms with Crippen LogP contribution in [-0.2, 0) is 0 Å². The van der Waals surface area contributed by atoms with E-state index in [1.165, 1.54) is 32.4 Å². The molecule has 0 fully saturated rings. The van der Waals surface area contributed by atoms with Crippen molar-refractivity contribution in [2.45, 2.75) is 33.1 Å². The Bertz CT molecular complexity index is 138. The van der Waals surface area contributed by atoms with Gasteiger partial charge in [-0.05, 0) is 12.8 Å². The molecule has 0 radical (unpaired) electrons. The predicted octanol–water partition coefficient (Wildman–Crippen LogP) is 3.08. The van der Waals surface area contributed by atoms with Crippen LogP contribution in [0.4, 0.5) is 0 Å². The summed E-state index contributed by atoms with van der Waals surface area (Å²) in [5.41, 5.74) is 0. The fourth-order valence-electron chi connectivity index (χ4n) is 1.74. The molecule has 0 saturated heterocycles. The van der Waals surface area contributed by atoms with Crippen molar-refractivity contribution < 1.29 is 4.48 Å². The van der Waals surface area contributed by atoms with Gasteiger partial charge in [0, 0.05) is 5.92 Å². The van der Waals surface area contributed by atoms with Crippen LogP contribution < -0.4 is 0 Å². The molecule has 0 aromatic rings. The summed E-state index contributed by atoms with van der Waals surface area (Å²) in [6, 6.07) is 0. The van der Waals surface area contributed by atoms with Crippen LogP contribution in [-0.4, -0.2) is 31.7 Å². The number of hydrogen-bond donors (Lipinski definition) is 0. The van der Waals surface area contributed by atoms with Crippen molar-refractivity contribution in [3.8, 4) is 0 Å². The van der Waals surface area contributed by atoms with E-state index in [0.29, 0.717) is 5.92 Å². The molecule has 0 unspecified atom stereocenters. The third-order valence-corrected chi connectivity index (χ3v) is 2.55. The highest BCUT2D eigenvalue weighted by Crippen LogP contribution is 2.08. The Labute approximate surface area is 84.0 Å². The second-order valence-electron chi connectivity index (χ2n) is 4.76. The topological polar surface area (TPSA) is 0 Å². The van der Waals surface area contributed by atoms with Crippen molar-refractivity contribution in [2.75, 3.05) is 27.2 Å². The van der Waals surface area contributed by atoms with Gasteiger partial charge in [0.25, 0.3) is 0 Å². The zero-order valence-electron chi connectivity index (χ0n) is 9.84. The number of quaternary nitrogens is 1. The molecule has 1 heteroatoms. The van der Waals surface area contributed by atoms with E-state index in [1.807, 2.05) is 0 Å². The Hall–Kier alpha value is -0.300. The highest BCUT2D eigenvalue weighted by molar-refractivity contribution is 4.74. The molecule has 0 amide bonds. The van der Waals surface area contributed by atoms with E-state index in [4.69, 9.17) is 0 Å². The lowest BCUT2D eigenvalue weighted by Crippen LogP contribution is -2.43. The molecule has 1 atom stereocenters. The molecule has 0 N–H and O–H groups in total. The van der Waals surface area contributed by atoms with Crippen LogP contribution in [0.5, 0.6) is 0 Å².